The highest BCUT2D eigenvalue weighted by Gasteiger charge is 2.39. The van der Waals surface area contributed by atoms with Crippen molar-refractivity contribution in [1.82, 2.24) is 0 Å². The van der Waals surface area contributed by atoms with Gasteiger partial charge in [0.25, 0.3) is 6.47 Å². The smallest absolute Gasteiger partial charge is 0.304 e. The van der Waals surface area contributed by atoms with E-state index in [0.717, 1.165) is 0 Å². The van der Waals surface area contributed by atoms with Gasteiger partial charge in [-0.3, -0.25) is 9.59 Å². The molecular formula is C10H16O5. The van der Waals surface area contributed by atoms with E-state index < -0.39 is 11.9 Å². The van der Waals surface area contributed by atoms with Crippen molar-refractivity contribution >= 4 is 12.4 Å². The van der Waals surface area contributed by atoms with Crippen LogP contribution in [0, 0.1) is 0 Å². The summed E-state index contributed by atoms with van der Waals surface area (Å²) in [4.78, 5) is 21.0. The molecule has 2 unspecified atom stereocenters. The molecule has 1 heterocycles. The normalized spacial score (nSPS) is 26.1. The van der Waals surface area contributed by atoms with Gasteiger partial charge in [0.2, 0.25) is 6.29 Å². The Morgan fingerprint density at radius 3 is 2.67 bits per heavy atom. The molecule has 1 fully saturated rings. The Morgan fingerprint density at radius 2 is 2.13 bits per heavy atom. The number of carbonyl (C=O) groups is 2. The highest BCUT2D eigenvalue weighted by Crippen LogP contribution is 2.30. The summed E-state index contributed by atoms with van der Waals surface area (Å²) in [6, 6.07) is 0. The van der Waals surface area contributed by atoms with Crippen LogP contribution in [-0.4, -0.2) is 30.4 Å². The molecule has 1 aliphatic heterocycles. The lowest BCUT2D eigenvalue weighted by molar-refractivity contribution is -0.192. The van der Waals surface area contributed by atoms with Crippen molar-refractivity contribution in [2.45, 2.75) is 51.6 Å². The first-order valence-corrected chi connectivity index (χ1v) is 4.90. The summed E-state index contributed by atoms with van der Waals surface area (Å²) < 4.78 is 15.3. The first-order valence-electron chi connectivity index (χ1n) is 4.90. The van der Waals surface area contributed by atoms with Crippen molar-refractivity contribution in [3.63, 3.8) is 0 Å². The fraction of sp³-hybridized carbons (Fsp3) is 0.800. The average molecular weight is 216 g/mol. The third-order valence-electron chi connectivity index (χ3n) is 2.41. The lowest BCUT2D eigenvalue weighted by atomic mass is 9.99. The highest BCUT2D eigenvalue weighted by molar-refractivity contribution is 5.66. The molecule has 0 aromatic heterocycles. The van der Waals surface area contributed by atoms with Crippen LogP contribution in [0.3, 0.4) is 0 Å². The molecule has 0 spiro atoms. The molecule has 0 aromatic rings. The number of ether oxygens (including phenoxy) is 3. The zero-order valence-electron chi connectivity index (χ0n) is 9.19. The molecule has 5 heteroatoms. The topological polar surface area (TPSA) is 61.8 Å². The summed E-state index contributed by atoms with van der Waals surface area (Å²) in [5.41, 5.74) is -0.684. The molecule has 0 amide bonds. The predicted octanol–water partition coefficient (Wildman–Crippen LogP) is 1.01. The Balaban J connectivity index is 2.48. The van der Waals surface area contributed by atoms with Crippen LogP contribution in [-0.2, 0) is 23.8 Å². The number of hydrogen-bond donors (Lipinski definition) is 0. The molecular weight excluding hydrogens is 200 g/mol. The van der Waals surface area contributed by atoms with E-state index in [1.54, 1.807) is 13.8 Å². The molecule has 0 aromatic carbocycles. The third-order valence-corrected chi connectivity index (χ3v) is 2.41. The van der Waals surface area contributed by atoms with Crippen LogP contribution < -0.4 is 0 Å². The predicted molar refractivity (Wildman–Crippen MR) is 50.9 cm³/mol. The van der Waals surface area contributed by atoms with Crippen molar-refractivity contribution in [2.24, 2.45) is 0 Å². The van der Waals surface area contributed by atoms with Gasteiger partial charge in [-0.2, -0.15) is 0 Å². The van der Waals surface area contributed by atoms with Crippen LogP contribution in [0.4, 0.5) is 0 Å². The Morgan fingerprint density at radius 1 is 1.47 bits per heavy atom. The average Bonchev–Trinajstić information content (AvgIpc) is 2.51. The second kappa shape index (κ2) is 4.61. The van der Waals surface area contributed by atoms with Crippen molar-refractivity contribution < 1.29 is 23.8 Å². The lowest BCUT2D eigenvalue weighted by Gasteiger charge is -2.28. The van der Waals surface area contributed by atoms with Gasteiger partial charge in [-0.25, -0.2) is 0 Å². The van der Waals surface area contributed by atoms with Gasteiger partial charge >= 0.3 is 5.97 Å². The Bertz CT molecular complexity index is 248. The van der Waals surface area contributed by atoms with Gasteiger partial charge in [0.05, 0.1) is 0 Å². The molecule has 0 bridgehead atoms. The fourth-order valence-electron chi connectivity index (χ4n) is 1.59. The first kappa shape index (κ1) is 12.0. The van der Waals surface area contributed by atoms with E-state index in [2.05, 4.69) is 0 Å². The second-order valence-corrected chi connectivity index (χ2v) is 4.06. The maximum Gasteiger partial charge on any atom is 0.304 e. The highest BCUT2D eigenvalue weighted by atomic mass is 16.7. The summed E-state index contributed by atoms with van der Waals surface area (Å²) in [5, 5.41) is 0. The maximum absolute atomic E-state index is 10.7. The van der Waals surface area contributed by atoms with E-state index in [-0.39, 0.29) is 12.1 Å². The van der Waals surface area contributed by atoms with Gasteiger partial charge < -0.3 is 14.2 Å². The van der Waals surface area contributed by atoms with Gasteiger partial charge in [0, 0.05) is 13.3 Å². The summed E-state index contributed by atoms with van der Waals surface area (Å²) in [6.07, 6.45) is 0.600. The summed E-state index contributed by atoms with van der Waals surface area (Å²) in [7, 11) is 0. The van der Waals surface area contributed by atoms with E-state index in [1.165, 1.54) is 6.92 Å². The summed E-state index contributed by atoms with van der Waals surface area (Å²) >= 11 is 0. The van der Waals surface area contributed by atoms with E-state index in [9.17, 15) is 9.59 Å². The molecule has 2 atom stereocenters. The van der Waals surface area contributed by atoms with Gasteiger partial charge in [-0.1, -0.05) is 0 Å². The van der Waals surface area contributed by atoms with E-state index >= 15 is 0 Å². The van der Waals surface area contributed by atoms with Crippen LogP contribution in [0.5, 0.6) is 0 Å². The van der Waals surface area contributed by atoms with Crippen LogP contribution in [0.1, 0.15) is 33.6 Å². The molecule has 1 rings (SSSR count). The van der Waals surface area contributed by atoms with E-state index in [1.807, 2.05) is 0 Å². The van der Waals surface area contributed by atoms with Crippen molar-refractivity contribution in [2.75, 3.05) is 0 Å². The fourth-order valence-corrected chi connectivity index (χ4v) is 1.59. The molecule has 1 aliphatic rings. The zero-order valence-corrected chi connectivity index (χ0v) is 9.19. The molecule has 0 aliphatic carbocycles. The Hall–Kier alpha value is -1.10. The van der Waals surface area contributed by atoms with Gasteiger partial charge in [-0.05, 0) is 20.3 Å². The van der Waals surface area contributed by atoms with Crippen LogP contribution in [0.2, 0.25) is 0 Å². The van der Waals surface area contributed by atoms with Crippen LogP contribution in [0.25, 0.3) is 0 Å². The minimum atomic E-state index is -0.684. The number of esters is 1. The quantitative estimate of drug-likeness (QED) is 0.518. The van der Waals surface area contributed by atoms with Crippen molar-refractivity contribution in [3.05, 3.63) is 0 Å². The van der Waals surface area contributed by atoms with Crippen molar-refractivity contribution in [3.8, 4) is 0 Å². The summed E-state index contributed by atoms with van der Waals surface area (Å²) in [5.74, 6) is -0.366. The van der Waals surface area contributed by atoms with Crippen LogP contribution in [0.15, 0.2) is 0 Å². The molecule has 5 nitrogen and oxygen atoms in total. The van der Waals surface area contributed by atoms with E-state index in [4.69, 9.17) is 14.2 Å². The molecule has 0 N–H and O–H groups in total. The Kier molecular flexibility index (Phi) is 3.68. The van der Waals surface area contributed by atoms with Gasteiger partial charge in [-0.15, -0.1) is 0 Å². The molecule has 15 heavy (non-hydrogen) atoms. The van der Waals surface area contributed by atoms with Crippen molar-refractivity contribution in [1.29, 1.82) is 0 Å². The lowest BCUT2D eigenvalue weighted by Crippen LogP contribution is -2.39. The largest absolute Gasteiger partial charge is 0.459 e. The minimum absolute atomic E-state index is 0.230. The monoisotopic (exact) mass is 216 g/mol. The first-order chi connectivity index (χ1) is 6.95. The third kappa shape index (κ3) is 3.20. The van der Waals surface area contributed by atoms with E-state index in [0.29, 0.717) is 19.3 Å². The number of carbonyl (C=O) groups excluding carboxylic acids is 2. The number of rotatable bonds is 4. The Labute approximate surface area is 88.7 Å². The minimum Gasteiger partial charge on any atom is -0.459 e. The SMILES string of the molecule is CC(=O)OC1CCC(C(C)(C)OC=O)O1. The standard InChI is InChI=1S/C10H16O5/c1-7(12)14-9-5-4-8(15-9)10(2,3)13-6-11/h6,8-9H,4-5H2,1-3H3. The molecule has 0 saturated carbocycles. The molecule has 0 radical (unpaired) electrons. The maximum atomic E-state index is 10.7. The van der Waals surface area contributed by atoms with Crippen LogP contribution >= 0.6 is 0 Å². The van der Waals surface area contributed by atoms with Gasteiger partial charge in [0.1, 0.15) is 11.7 Å². The second-order valence-electron chi connectivity index (χ2n) is 4.06. The van der Waals surface area contributed by atoms with Gasteiger partial charge in [0.15, 0.2) is 0 Å². The zero-order chi connectivity index (χ0) is 11.5. The molecule has 86 valence electrons. The number of hydrogen-bond acceptors (Lipinski definition) is 5. The summed E-state index contributed by atoms with van der Waals surface area (Å²) in [6.45, 7) is 5.27. The molecule has 1 saturated heterocycles.